The van der Waals surface area contributed by atoms with Crippen LogP contribution in [-0.2, 0) is 0 Å². The van der Waals surface area contributed by atoms with E-state index in [2.05, 4.69) is 36.7 Å². The zero-order chi connectivity index (χ0) is 22.8. The van der Waals surface area contributed by atoms with Crippen LogP contribution in [0.2, 0.25) is 0 Å². The highest BCUT2D eigenvalue weighted by atomic mass is 19.1. The number of rotatable bonds is 5. The number of allylic oxidation sites excluding steroid dienone is 1. The van der Waals surface area contributed by atoms with E-state index in [1.165, 1.54) is 12.3 Å². The highest BCUT2D eigenvalue weighted by Gasteiger charge is 2.23. The predicted octanol–water partition coefficient (Wildman–Crippen LogP) is 4.72. The van der Waals surface area contributed by atoms with Gasteiger partial charge in [-0.3, -0.25) is 9.98 Å². The van der Waals surface area contributed by atoms with Crippen molar-refractivity contribution in [3.63, 3.8) is 0 Å². The van der Waals surface area contributed by atoms with Crippen LogP contribution in [-0.4, -0.2) is 41.3 Å². The second kappa shape index (κ2) is 8.82. The Labute approximate surface area is 192 Å². The molecule has 0 saturated heterocycles. The molecule has 2 aliphatic rings. The van der Waals surface area contributed by atoms with Crippen LogP contribution < -0.4 is 15.1 Å². The van der Waals surface area contributed by atoms with E-state index in [4.69, 9.17) is 4.98 Å². The maximum Gasteiger partial charge on any atom is 0.158 e. The van der Waals surface area contributed by atoms with Crippen molar-refractivity contribution in [3.8, 4) is 11.3 Å². The molecular weight excluding hydrogens is 417 g/mol. The summed E-state index contributed by atoms with van der Waals surface area (Å²) in [6.07, 6.45) is 10.1. The highest BCUT2D eigenvalue weighted by molar-refractivity contribution is 5.84. The van der Waals surface area contributed by atoms with E-state index < -0.39 is 5.82 Å². The Bertz CT molecular complexity index is 1270. The van der Waals surface area contributed by atoms with Crippen molar-refractivity contribution < 1.29 is 4.39 Å². The maximum absolute atomic E-state index is 13.8. The molecule has 3 aromatic heterocycles. The third-order valence-electron chi connectivity index (χ3n) is 5.77. The van der Waals surface area contributed by atoms with E-state index in [-0.39, 0.29) is 0 Å². The Morgan fingerprint density at radius 2 is 2.03 bits per heavy atom. The second-order valence-electron chi connectivity index (χ2n) is 8.05. The van der Waals surface area contributed by atoms with E-state index in [1.807, 2.05) is 43.7 Å². The summed E-state index contributed by atoms with van der Waals surface area (Å²) in [4.78, 5) is 21.7. The molecule has 1 N–H and O–H groups in total. The first-order valence-electron chi connectivity index (χ1n) is 10.8. The Morgan fingerprint density at radius 1 is 1.12 bits per heavy atom. The molecule has 3 aromatic rings. The fraction of sp³-hybridized carbons (Fsp3) is 0.200. The smallest absolute Gasteiger partial charge is 0.158 e. The highest BCUT2D eigenvalue weighted by Crippen LogP contribution is 2.34. The fourth-order valence-electron chi connectivity index (χ4n) is 4.06. The SMILES string of the molecule is C=C(Nc1cc(C2=CN=CC2)ccn1)N1CCCN(C)c2ccc(-c3cncc(F)c3)nc21. The van der Waals surface area contributed by atoms with Crippen LogP contribution in [0.1, 0.15) is 18.4 Å². The van der Waals surface area contributed by atoms with Crippen LogP contribution in [0.25, 0.3) is 16.8 Å². The van der Waals surface area contributed by atoms with Gasteiger partial charge in [0.1, 0.15) is 17.5 Å². The van der Waals surface area contributed by atoms with E-state index in [0.29, 0.717) is 22.9 Å². The van der Waals surface area contributed by atoms with Crippen LogP contribution >= 0.6 is 0 Å². The van der Waals surface area contributed by atoms with Crippen LogP contribution in [0.3, 0.4) is 0 Å². The number of hydrogen-bond acceptors (Lipinski definition) is 7. The van der Waals surface area contributed by atoms with Gasteiger partial charge < -0.3 is 15.1 Å². The van der Waals surface area contributed by atoms with Crippen molar-refractivity contribution >= 4 is 29.1 Å². The molecule has 8 heteroatoms. The van der Waals surface area contributed by atoms with E-state index in [0.717, 1.165) is 48.6 Å². The number of aliphatic imine (C=N–C) groups is 1. The van der Waals surface area contributed by atoms with Gasteiger partial charge in [0.05, 0.1) is 17.6 Å². The molecular formula is C25H24FN7. The van der Waals surface area contributed by atoms with Gasteiger partial charge in [0.2, 0.25) is 0 Å². The number of pyridine rings is 3. The third-order valence-corrected chi connectivity index (χ3v) is 5.77. The molecule has 0 bridgehead atoms. The summed E-state index contributed by atoms with van der Waals surface area (Å²) in [7, 11) is 2.05. The molecule has 0 spiro atoms. The first kappa shape index (κ1) is 20.8. The molecule has 7 nitrogen and oxygen atoms in total. The van der Waals surface area contributed by atoms with Crippen molar-refractivity contribution in [2.75, 3.05) is 35.3 Å². The minimum Gasteiger partial charge on any atom is -0.372 e. The molecule has 0 atom stereocenters. The number of hydrogen-bond donors (Lipinski definition) is 1. The number of aromatic nitrogens is 3. The van der Waals surface area contributed by atoms with E-state index in [1.54, 1.807) is 12.4 Å². The minimum atomic E-state index is -0.391. The third kappa shape index (κ3) is 4.32. The molecule has 0 unspecified atom stereocenters. The van der Waals surface area contributed by atoms with Crippen LogP contribution in [0.4, 0.5) is 21.7 Å². The summed E-state index contributed by atoms with van der Waals surface area (Å²) >= 11 is 0. The Kier molecular flexibility index (Phi) is 5.56. The van der Waals surface area contributed by atoms with E-state index in [9.17, 15) is 4.39 Å². The number of halogens is 1. The average Bonchev–Trinajstić information content (AvgIpc) is 3.31. The van der Waals surface area contributed by atoms with Crippen molar-refractivity contribution in [1.82, 2.24) is 15.0 Å². The Hall–Kier alpha value is -4.07. The Morgan fingerprint density at radius 3 is 2.85 bits per heavy atom. The average molecular weight is 442 g/mol. The van der Waals surface area contributed by atoms with Crippen molar-refractivity contribution in [2.24, 2.45) is 4.99 Å². The zero-order valence-corrected chi connectivity index (χ0v) is 18.4. The van der Waals surface area contributed by atoms with Gasteiger partial charge in [0, 0.05) is 56.9 Å². The largest absolute Gasteiger partial charge is 0.372 e. The minimum absolute atomic E-state index is 0.391. The van der Waals surface area contributed by atoms with Gasteiger partial charge in [-0.1, -0.05) is 6.58 Å². The monoisotopic (exact) mass is 441 g/mol. The van der Waals surface area contributed by atoms with Crippen LogP contribution in [0.15, 0.2) is 72.5 Å². The molecule has 0 aliphatic carbocycles. The molecule has 5 heterocycles. The number of nitrogens with one attached hydrogen (secondary N) is 1. The lowest BCUT2D eigenvalue weighted by Crippen LogP contribution is -2.28. The van der Waals surface area contributed by atoms with Gasteiger partial charge in [0.15, 0.2) is 5.82 Å². The zero-order valence-electron chi connectivity index (χ0n) is 18.4. The lowest BCUT2D eigenvalue weighted by Gasteiger charge is -2.27. The Balaban J connectivity index is 1.46. The first-order valence-corrected chi connectivity index (χ1v) is 10.8. The summed E-state index contributed by atoms with van der Waals surface area (Å²) < 4.78 is 13.8. The second-order valence-corrected chi connectivity index (χ2v) is 8.05. The maximum atomic E-state index is 13.8. The quantitative estimate of drug-likeness (QED) is 0.618. The van der Waals surface area contributed by atoms with Crippen molar-refractivity contribution in [2.45, 2.75) is 12.8 Å². The van der Waals surface area contributed by atoms with Crippen LogP contribution in [0, 0.1) is 5.82 Å². The molecule has 166 valence electrons. The molecule has 0 amide bonds. The summed E-state index contributed by atoms with van der Waals surface area (Å²) in [6.45, 7) is 5.91. The van der Waals surface area contributed by atoms with Gasteiger partial charge >= 0.3 is 0 Å². The molecule has 2 aliphatic heterocycles. The number of fused-ring (bicyclic) bond motifs is 1. The van der Waals surface area contributed by atoms with Gasteiger partial charge in [-0.2, -0.15) is 0 Å². The van der Waals surface area contributed by atoms with Gasteiger partial charge in [-0.25, -0.2) is 14.4 Å². The standard InChI is InChI=1S/C25H24FN7/c1-17(30-24-13-18(7-9-29-24)19-6-8-27-14-19)33-11-3-10-32(2)23-5-4-22(31-25(23)33)20-12-21(26)16-28-15-20/h4-5,7-9,12-16H,1,3,6,10-11H2,2H3,(H,29,30). The molecule has 33 heavy (non-hydrogen) atoms. The molecule has 0 radical (unpaired) electrons. The van der Waals surface area contributed by atoms with Crippen LogP contribution in [0.5, 0.6) is 0 Å². The van der Waals surface area contributed by atoms with Gasteiger partial charge in [-0.15, -0.1) is 0 Å². The summed E-state index contributed by atoms with van der Waals surface area (Å²) in [5.74, 6) is 1.75. The van der Waals surface area contributed by atoms with Crippen molar-refractivity contribution in [1.29, 1.82) is 0 Å². The lowest BCUT2D eigenvalue weighted by atomic mass is 10.1. The van der Waals surface area contributed by atoms with Gasteiger partial charge in [-0.05, 0) is 47.9 Å². The normalized spacial score (nSPS) is 15.2. The first-order chi connectivity index (χ1) is 16.1. The topological polar surface area (TPSA) is 69.5 Å². The lowest BCUT2D eigenvalue weighted by molar-refractivity contribution is 0.622. The molecule has 5 rings (SSSR count). The predicted molar refractivity (Wildman–Crippen MR) is 131 cm³/mol. The summed E-state index contributed by atoms with van der Waals surface area (Å²) in [5, 5.41) is 3.35. The number of nitrogens with zero attached hydrogens (tertiary/aromatic N) is 6. The van der Waals surface area contributed by atoms with Gasteiger partial charge in [0.25, 0.3) is 0 Å². The molecule has 0 fully saturated rings. The molecule has 0 saturated carbocycles. The van der Waals surface area contributed by atoms with E-state index >= 15 is 0 Å². The molecule has 0 aromatic carbocycles. The fourth-order valence-corrected chi connectivity index (χ4v) is 4.06. The van der Waals surface area contributed by atoms with Crippen molar-refractivity contribution in [3.05, 3.63) is 78.9 Å². The summed E-state index contributed by atoms with van der Waals surface area (Å²) in [6, 6.07) is 9.33. The summed E-state index contributed by atoms with van der Waals surface area (Å²) in [5.41, 5.74) is 4.50. The number of anilines is 3.